The van der Waals surface area contributed by atoms with E-state index in [-0.39, 0.29) is 6.61 Å². The zero-order valence-corrected chi connectivity index (χ0v) is 16.5. The van der Waals surface area contributed by atoms with E-state index in [0.29, 0.717) is 12.4 Å². The van der Waals surface area contributed by atoms with Gasteiger partial charge in [0, 0.05) is 51.7 Å². The molecule has 0 saturated carbocycles. The number of likely N-dealkylation sites (N-methyl/N-ethyl adjacent to an activating group) is 1. The number of benzene rings is 1. The summed E-state index contributed by atoms with van der Waals surface area (Å²) in [5, 5.41) is 12.4. The molecule has 142 valence electrons. The van der Waals surface area contributed by atoms with E-state index in [0.717, 1.165) is 29.9 Å². The Morgan fingerprint density at radius 3 is 2.54 bits per heavy atom. The average molecular weight is 358 g/mol. The van der Waals surface area contributed by atoms with Gasteiger partial charge in [0.2, 0.25) is 0 Å². The minimum absolute atomic E-state index is 0.142. The second-order valence-electron chi connectivity index (χ2n) is 5.59. The van der Waals surface area contributed by atoms with E-state index in [1.807, 2.05) is 13.1 Å². The Morgan fingerprint density at radius 2 is 2.00 bits per heavy atom. The fraction of sp³-hybridized carbons (Fsp3) is 0.450. The highest BCUT2D eigenvalue weighted by molar-refractivity contribution is 6.30. The molecular formula is C20H31N5O. The number of aliphatic imine (C=N–C) groups is 3. The van der Waals surface area contributed by atoms with Gasteiger partial charge in [0.25, 0.3) is 0 Å². The van der Waals surface area contributed by atoms with Crippen LogP contribution in [0.15, 0.2) is 39.3 Å². The number of nitrogens with one attached hydrogen (secondary N) is 1. The van der Waals surface area contributed by atoms with Gasteiger partial charge in [-0.1, -0.05) is 13.0 Å². The number of hydrogen-bond donors (Lipinski definition) is 2. The summed E-state index contributed by atoms with van der Waals surface area (Å²) >= 11 is 0. The Kier molecular flexibility index (Phi) is 9.94. The first-order valence-electron chi connectivity index (χ1n) is 8.95. The Labute approximate surface area is 157 Å². The van der Waals surface area contributed by atoms with E-state index in [1.165, 1.54) is 5.56 Å². The first-order valence-corrected chi connectivity index (χ1v) is 8.95. The van der Waals surface area contributed by atoms with E-state index in [1.54, 1.807) is 26.5 Å². The smallest absolute Gasteiger partial charge is 0.144 e. The van der Waals surface area contributed by atoms with Crippen LogP contribution in [0, 0.1) is 0 Å². The van der Waals surface area contributed by atoms with Crippen LogP contribution in [0.4, 0.5) is 5.69 Å². The van der Waals surface area contributed by atoms with Crippen molar-refractivity contribution in [3.05, 3.63) is 35.4 Å². The van der Waals surface area contributed by atoms with Gasteiger partial charge in [-0.3, -0.25) is 9.98 Å². The first-order chi connectivity index (χ1) is 12.6. The standard InChI is InChI=1S/C20H31N5O/c1-6-16-14-17(8-9-19(16)25(7-2)12-13-26)18(10-11-21-3)24-20(23-5)15-22-4/h8-11,14-15,26H,6-7,12-13H2,1-5H3,(H,23,24)/b18-10-,21-11+,22-15+. The summed E-state index contributed by atoms with van der Waals surface area (Å²) in [7, 11) is 5.27. The van der Waals surface area contributed by atoms with Crippen molar-refractivity contribution in [2.45, 2.75) is 20.3 Å². The predicted molar refractivity (Wildman–Crippen MR) is 114 cm³/mol. The minimum Gasteiger partial charge on any atom is -0.395 e. The molecule has 6 heteroatoms. The van der Waals surface area contributed by atoms with Crippen LogP contribution in [-0.2, 0) is 6.42 Å². The van der Waals surface area contributed by atoms with E-state index in [4.69, 9.17) is 0 Å². The maximum absolute atomic E-state index is 9.31. The molecule has 1 aromatic rings. The summed E-state index contributed by atoms with van der Waals surface area (Å²) in [4.78, 5) is 14.9. The molecule has 0 heterocycles. The Balaban J connectivity index is 3.40. The molecular weight excluding hydrogens is 326 g/mol. The van der Waals surface area contributed by atoms with Crippen molar-refractivity contribution >= 4 is 29.6 Å². The molecule has 0 aliphatic heterocycles. The van der Waals surface area contributed by atoms with E-state index in [9.17, 15) is 5.11 Å². The van der Waals surface area contributed by atoms with Crippen LogP contribution in [0.1, 0.15) is 25.0 Å². The molecule has 6 nitrogen and oxygen atoms in total. The van der Waals surface area contributed by atoms with Crippen LogP contribution in [-0.4, -0.2) is 64.2 Å². The summed E-state index contributed by atoms with van der Waals surface area (Å²) in [6.45, 7) is 5.86. The van der Waals surface area contributed by atoms with Crippen molar-refractivity contribution in [2.24, 2.45) is 15.0 Å². The number of amidine groups is 1. The van der Waals surface area contributed by atoms with E-state index < -0.39 is 0 Å². The molecule has 0 radical (unpaired) electrons. The summed E-state index contributed by atoms with van der Waals surface area (Å²) < 4.78 is 0. The van der Waals surface area contributed by atoms with Gasteiger partial charge in [0.05, 0.1) is 18.5 Å². The van der Waals surface area contributed by atoms with Crippen LogP contribution < -0.4 is 10.2 Å². The third-order valence-electron chi connectivity index (χ3n) is 3.98. The molecule has 0 atom stereocenters. The molecule has 0 spiro atoms. The highest BCUT2D eigenvalue weighted by Crippen LogP contribution is 2.26. The topological polar surface area (TPSA) is 72.6 Å². The summed E-state index contributed by atoms with van der Waals surface area (Å²) in [6.07, 6.45) is 6.21. The predicted octanol–water partition coefficient (Wildman–Crippen LogP) is 2.43. The van der Waals surface area contributed by atoms with Gasteiger partial charge >= 0.3 is 0 Å². The van der Waals surface area contributed by atoms with Crippen LogP contribution in [0.25, 0.3) is 5.70 Å². The lowest BCUT2D eigenvalue weighted by molar-refractivity contribution is 0.302. The number of nitrogens with zero attached hydrogens (tertiary/aromatic N) is 4. The molecule has 0 amide bonds. The minimum atomic E-state index is 0.142. The highest BCUT2D eigenvalue weighted by Gasteiger charge is 2.11. The van der Waals surface area contributed by atoms with Crippen LogP contribution in [0.5, 0.6) is 0 Å². The number of hydrogen-bond acceptors (Lipinski definition) is 5. The molecule has 0 saturated heterocycles. The van der Waals surface area contributed by atoms with E-state index in [2.05, 4.69) is 57.2 Å². The average Bonchev–Trinajstić information content (AvgIpc) is 2.68. The molecule has 0 aliphatic rings. The highest BCUT2D eigenvalue weighted by atomic mass is 16.3. The molecule has 26 heavy (non-hydrogen) atoms. The third kappa shape index (κ3) is 6.11. The molecule has 0 bridgehead atoms. The molecule has 1 rings (SSSR count). The zero-order chi connectivity index (χ0) is 19.4. The largest absolute Gasteiger partial charge is 0.395 e. The van der Waals surface area contributed by atoms with Gasteiger partial charge in [0.15, 0.2) is 0 Å². The lowest BCUT2D eigenvalue weighted by atomic mass is 10.0. The lowest BCUT2D eigenvalue weighted by Crippen LogP contribution is -2.27. The van der Waals surface area contributed by atoms with Crippen molar-refractivity contribution in [3.8, 4) is 0 Å². The molecule has 0 aliphatic carbocycles. The van der Waals surface area contributed by atoms with Crippen LogP contribution >= 0.6 is 0 Å². The molecule has 0 fully saturated rings. The molecule has 0 aromatic heterocycles. The van der Waals surface area contributed by atoms with Crippen molar-refractivity contribution in [3.63, 3.8) is 0 Å². The third-order valence-corrected chi connectivity index (χ3v) is 3.98. The summed E-state index contributed by atoms with van der Waals surface area (Å²) in [6, 6.07) is 6.32. The number of aliphatic hydroxyl groups excluding tert-OH is 1. The van der Waals surface area contributed by atoms with Crippen LogP contribution in [0.3, 0.4) is 0 Å². The fourth-order valence-electron chi connectivity index (χ4n) is 2.65. The second kappa shape index (κ2) is 12.0. The fourth-order valence-corrected chi connectivity index (χ4v) is 2.65. The number of allylic oxidation sites excluding steroid dienone is 1. The second-order valence-corrected chi connectivity index (χ2v) is 5.59. The maximum atomic E-state index is 9.31. The van der Waals surface area contributed by atoms with Crippen molar-refractivity contribution < 1.29 is 5.11 Å². The molecule has 0 unspecified atom stereocenters. The quantitative estimate of drug-likeness (QED) is 0.527. The van der Waals surface area contributed by atoms with Gasteiger partial charge < -0.3 is 15.3 Å². The number of aryl methyl sites for hydroxylation is 1. The summed E-state index contributed by atoms with van der Waals surface area (Å²) in [5.74, 6) is 0.681. The van der Waals surface area contributed by atoms with Gasteiger partial charge in [-0.05, 0) is 37.1 Å². The molecule has 1 aromatic carbocycles. The first kappa shape index (κ1) is 21.6. The van der Waals surface area contributed by atoms with Gasteiger partial charge in [-0.15, -0.1) is 0 Å². The monoisotopic (exact) mass is 357 g/mol. The number of aliphatic hydroxyl groups is 1. The van der Waals surface area contributed by atoms with Crippen molar-refractivity contribution in [1.29, 1.82) is 0 Å². The Hall–Kier alpha value is -2.47. The Bertz CT molecular complexity index is 677. The normalized spacial score (nSPS) is 13.0. The van der Waals surface area contributed by atoms with Gasteiger partial charge in [-0.25, -0.2) is 4.99 Å². The summed E-state index contributed by atoms with van der Waals surface area (Å²) in [5.41, 5.74) is 4.21. The molecule has 2 N–H and O–H groups in total. The maximum Gasteiger partial charge on any atom is 0.144 e. The SMILES string of the molecule is CCc1cc(C(=C/C=N/C)/N=C(\C=N\C)NC)ccc1N(CC)CCO. The van der Waals surface area contributed by atoms with E-state index >= 15 is 0 Å². The zero-order valence-electron chi connectivity index (χ0n) is 16.5. The van der Waals surface area contributed by atoms with Gasteiger partial charge in [-0.2, -0.15) is 0 Å². The Morgan fingerprint density at radius 1 is 1.23 bits per heavy atom. The lowest BCUT2D eigenvalue weighted by Gasteiger charge is -2.25. The van der Waals surface area contributed by atoms with Crippen molar-refractivity contribution in [2.75, 3.05) is 45.7 Å². The van der Waals surface area contributed by atoms with Crippen LogP contribution in [0.2, 0.25) is 0 Å². The van der Waals surface area contributed by atoms with Gasteiger partial charge in [0.1, 0.15) is 5.84 Å². The van der Waals surface area contributed by atoms with Crippen molar-refractivity contribution in [1.82, 2.24) is 5.32 Å². The number of anilines is 1. The number of rotatable bonds is 9.